The maximum Gasteiger partial charge on any atom is 0.416 e. The number of aromatic nitrogens is 2. The Balaban J connectivity index is 1.63. The van der Waals surface area contributed by atoms with Crippen LogP contribution < -0.4 is 5.32 Å². The van der Waals surface area contributed by atoms with Crippen LogP contribution in [0.1, 0.15) is 34.7 Å². The molecule has 6 nitrogen and oxygen atoms in total. The molecule has 2 bridgehead atoms. The lowest BCUT2D eigenvalue weighted by molar-refractivity contribution is -0.138. The first-order valence-corrected chi connectivity index (χ1v) is 9.38. The Morgan fingerprint density at radius 3 is 2.69 bits per heavy atom. The molecule has 2 fully saturated rings. The lowest BCUT2D eigenvalue weighted by Gasteiger charge is -2.29. The number of anilines is 1. The summed E-state index contributed by atoms with van der Waals surface area (Å²) in [6, 6.07) is 3.73. The number of amides is 1. The van der Waals surface area contributed by atoms with Gasteiger partial charge >= 0.3 is 6.18 Å². The molecule has 0 saturated carbocycles. The molecule has 2 saturated heterocycles. The summed E-state index contributed by atoms with van der Waals surface area (Å²) >= 11 is 0. The van der Waals surface area contributed by atoms with E-state index in [1.54, 1.807) is 17.9 Å². The first kappa shape index (κ1) is 19.9. The Kier molecular flexibility index (Phi) is 4.70. The number of aryl methyl sites for hydroxylation is 3. The van der Waals surface area contributed by atoms with Crippen molar-refractivity contribution in [3.05, 3.63) is 46.8 Å². The van der Waals surface area contributed by atoms with Gasteiger partial charge in [0.25, 0.3) is 0 Å². The lowest BCUT2D eigenvalue weighted by atomic mass is 9.74. The molecule has 2 aliphatic heterocycles. The zero-order valence-corrected chi connectivity index (χ0v) is 16.2. The summed E-state index contributed by atoms with van der Waals surface area (Å²) in [6.07, 6.45) is -4.11. The van der Waals surface area contributed by atoms with Gasteiger partial charge in [0.05, 0.1) is 35.5 Å². The largest absolute Gasteiger partial charge is 0.416 e. The molecule has 0 radical (unpaired) electrons. The Morgan fingerprint density at radius 1 is 1.34 bits per heavy atom. The average Bonchev–Trinajstić information content (AvgIpc) is 3.26. The normalized spacial score (nSPS) is 28.7. The molecule has 5 atom stereocenters. The van der Waals surface area contributed by atoms with Crippen LogP contribution in [0, 0.1) is 19.8 Å². The molecule has 0 unspecified atom stereocenters. The van der Waals surface area contributed by atoms with Gasteiger partial charge in [-0.1, -0.05) is 6.07 Å². The fraction of sp³-hybridized carbons (Fsp3) is 0.500. The van der Waals surface area contributed by atoms with Gasteiger partial charge in [-0.05, 0) is 37.1 Å². The molecule has 2 aromatic rings. The predicted molar refractivity (Wildman–Crippen MR) is 98.3 cm³/mol. The van der Waals surface area contributed by atoms with Crippen LogP contribution in [0.15, 0.2) is 24.4 Å². The smallest absolute Gasteiger partial charge is 0.390 e. The van der Waals surface area contributed by atoms with Gasteiger partial charge in [-0.2, -0.15) is 18.3 Å². The number of fused-ring (bicyclic) bond motifs is 2. The zero-order valence-electron chi connectivity index (χ0n) is 16.2. The molecule has 1 aromatic carbocycles. The van der Waals surface area contributed by atoms with Crippen LogP contribution in [0.3, 0.4) is 0 Å². The highest BCUT2D eigenvalue weighted by molar-refractivity contribution is 5.94. The number of nitrogens with zero attached hydrogens (tertiary/aromatic N) is 2. The van der Waals surface area contributed by atoms with Crippen molar-refractivity contribution in [1.29, 1.82) is 0 Å². The minimum absolute atomic E-state index is 0.0814. The van der Waals surface area contributed by atoms with Crippen LogP contribution in [0.4, 0.5) is 18.9 Å². The van der Waals surface area contributed by atoms with Gasteiger partial charge < -0.3 is 15.2 Å². The highest BCUT2D eigenvalue weighted by Crippen LogP contribution is 2.50. The zero-order chi connectivity index (χ0) is 21.1. The van der Waals surface area contributed by atoms with Crippen molar-refractivity contribution in [2.75, 3.05) is 5.32 Å². The molecule has 4 rings (SSSR count). The molecular weight excluding hydrogens is 387 g/mol. The molecule has 2 N–H and O–H groups in total. The minimum atomic E-state index is -4.50. The Bertz CT molecular complexity index is 956. The summed E-state index contributed by atoms with van der Waals surface area (Å²) in [5.74, 6) is -1.46. The van der Waals surface area contributed by atoms with Gasteiger partial charge in [-0.25, -0.2) is 0 Å². The van der Waals surface area contributed by atoms with Gasteiger partial charge in [0.15, 0.2) is 0 Å². The molecule has 0 aliphatic carbocycles. The monoisotopic (exact) mass is 409 g/mol. The van der Waals surface area contributed by atoms with Crippen molar-refractivity contribution in [3.8, 4) is 0 Å². The van der Waals surface area contributed by atoms with E-state index < -0.39 is 47.8 Å². The molecule has 3 heterocycles. The summed E-state index contributed by atoms with van der Waals surface area (Å²) < 4.78 is 47.1. The van der Waals surface area contributed by atoms with E-state index in [1.165, 1.54) is 19.1 Å². The van der Waals surface area contributed by atoms with Gasteiger partial charge in [-0.15, -0.1) is 0 Å². The number of aliphatic hydroxyl groups is 1. The summed E-state index contributed by atoms with van der Waals surface area (Å²) in [6.45, 7) is 3.19. The fourth-order valence-corrected chi connectivity index (χ4v) is 4.59. The van der Waals surface area contributed by atoms with E-state index in [-0.39, 0.29) is 11.3 Å². The number of carbonyl (C=O) groups excluding carboxylic acids is 1. The molecule has 1 amide bonds. The third kappa shape index (κ3) is 3.42. The lowest BCUT2D eigenvalue weighted by Crippen LogP contribution is -2.41. The van der Waals surface area contributed by atoms with E-state index in [1.807, 2.05) is 6.92 Å². The van der Waals surface area contributed by atoms with Crippen LogP contribution >= 0.6 is 0 Å². The van der Waals surface area contributed by atoms with Gasteiger partial charge in [0, 0.05) is 31.3 Å². The highest BCUT2D eigenvalue weighted by Gasteiger charge is 2.57. The maximum atomic E-state index is 13.2. The molecule has 1 aromatic heterocycles. The maximum absolute atomic E-state index is 13.2. The first-order valence-electron chi connectivity index (χ1n) is 9.38. The second kappa shape index (κ2) is 6.84. The van der Waals surface area contributed by atoms with Gasteiger partial charge in [0.1, 0.15) is 0 Å². The summed E-state index contributed by atoms with van der Waals surface area (Å²) in [5.41, 5.74) is 0.922. The van der Waals surface area contributed by atoms with Crippen molar-refractivity contribution in [3.63, 3.8) is 0 Å². The number of nitrogens with one attached hydrogen (secondary N) is 1. The number of alkyl halides is 3. The Hall–Kier alpha value is -2.39. The number of hydrogen-bond acceptors (Lipinski definition) is 4. The van der Waals surface area contributed by atoms with E-state index in [0.717, 1.165) is 17.3 Å². The second-order valence-corrected chi connectivity index (χ2v) is 7.85. The summed E-state index contributed by atoms with van der Waals surface area (Å²) in [4.78, 5) is 13.1. The number of rotatable bonds is 3. The van der Waals surface area contributed by atoms with Crippen molar-refractivity contribution in [1.82, 2.24) is 9.78 Å². The fourth-order valence-electron chi connectivity index (χ4n) is 4.59. The predicted octanol–water partition coefficient (Wildman–Crippen LogP) is 2.93. The number of ether oxygens (including phenoxy) is 1. The molecule has 0 spiro atoms. The topological polar surface area (TPSA) is 76.4 Å². The van der Waals surface area contributed by atoms with Crippen LogP contribution in [0.25, 0.3) is 0 Å². The SMILES string of the molecule is Cc1ccc(NC(=O)[C@@H]2[C@@H](c3cn(C)nc3C)[C@H]3O[C@@H]2C[C@@H]3O)cc1C(F)(F)F. The van der Waals surface area contributed by atoms with Crippen molar-refractivity contribution in [2.24, 2.45) is 13.0 Å². The van der Waals surface area contributed by atoms with Crippen LogP contribution in [-0.2, 0) is 22.8 Å². The van der Waals surface area contributed by atoms with Crippen LogP contribution in [0.5, 0.6) is 0 Å². The Labute approximate surface area is 165 Å². The number of carbonyl (C=O) groups is 1. The van der Waals surface area contributed by atoms with Crippen molar-refractivity contribution in [2.45, 2.75) is 50.7 Å². The Morgan fingerprint density at radius 2 is 2.07 bits per heavy atom. The third-order valence-electron chi connectivity index (χ3n) is 5.85. The van der Waals surface area contributed by atoms with E-state index in [0.29, 0.717) is 6.42 Å². The standard InChI is InChI=1S/C20H22F3N3O3/c1-9-4-5-11(6-13(9)20(21,22)23)24-19(28)17-15-7-14(27)18(29-15)16(17)12-8-26(3)25-10(12)2/h4-6,8,14-18,27H,7H2,1-3H3,(H,24,28)/t14-,15+,16+,17-,18-/m0/s1. The molecule has 29 heavy (non-hydrogen) atoms. The summed E-state index contributed by atoms with van der Waals surface area (Å²) in [7, 11) is 1.76. The van der Waals surface area contributed by atoms with Gasteiger partial charge in [0.2, 0.25) is 5.91 Å². The van der Waals surface area contributed by atoms with Crippen LogP contribution in [0.2, 0.25) is 0 Å². The average molecular weight is 409 g/mol. The van der Waals surface area contributed by atoms with E-state index in [4.69, 9.17) is 4.74 Å². The quantitative estimate of drug-likeness (QED) is 0.817. The highest BCUT2D eigenvalue weighted by atomic mass is 19.4. The summed E-state index contributed by atoms with van der Waals surface area (Å²) in [5, 5.41) is 17.2. The van der Waals surface area contributed by atoms with E-state index in [9.17, 15) is 23.1 Å². The van der Waals surface area contributed by atoms with Crippen molar-refractivity contribution >= 4 is 11.6 Å². The third-order valence-corrected chi connectivity index (χ3v) is 5.85. The number of aliphatic hydroxyl groups excluding tert-OH is 1. The second-order valence-electron chi connectivity index (χ2n) is 7.85. The van der Waals surface area contributed by atoms with Gasteiger partial charge in [-0.3, -0.25) is 9.48 Å². The minimum Gasteiger partial charge on any atom is -0.390 e. The molecule has 9 heteroatoms. The number of hydrogen-bond donors (Lipinski definition) is 2. The van der Waals surface area contributed by atoms with E-state index in [2.05, 4.69) is 10.4 Å². The molecular formula is C20H22F3N3O3. The number of benzene rings is 1. The van der Waals surface area contributed by atoms with Crippen molar-refractivity contribution < 1.29 is 27.8 Å². The number of halogens is 3. The van der Waals surface area contributed by atoms with E-state index >= 15 is 0 Å². The molecule has 2 aliphatic rings. The van der Waals surface area contributed by atoms with Crippen LogP contribution in [-0.4, -0.2) is 39.1 Å². The first-order chi connectivity index (χ1) is 13.6. The molecule has 156 valence electrons.